The number of aromatic hydroxyl groups is 1. The Morgan fingerprint density at radius 1 is 1.50 bits per heavy atom. The molecule has 0 radical (unpaired) electrons. The number of hydrogen-bond acceptors (Lipinski definition) is 4. The SMILES string of the molecule is COc1sc2c(O)cccc2c1C=O. The topological polar surface area (TPSA) is 46.5 Å². The average Bonchev–Trinajstić information content (AvgIpc) is 2.57. The second-order valence-electron chi connectivity index (χ2n) is 2.78. The van der Waals surface area contributed by atoms with Crippen molar-refractivity contribution < 1.29 is 14.6 Å². The van der Waals surface area contributed by atoms with Crippen molar-refractivity contribution in [2.24, 2.45) is 0 Å². The molecular formula is C10H8O3S. The second-order valence-corrected chi connectivity index (χ2v) is 3.76. The summed E-state index contributed by atoms with van der Waals surface area (Å²) in [6.07, 6.45) is 0.747. The summed E-state index contributed by atoms with van der Waals surface area (Å²) in [5, 5.41) is 10.8. The monoisotopic (exact) mass is 208 g/mol. The van der Waals surface area contributed by atoms with Crippen LogP contribution in [0.2, 0.25) is 0 Å². The van der Waals surface area contributed by atoms with Gasteiger partial charge in [0.1, 0.15) is 5.75 Å². The van der Waals surface area contributed by atoms with Gasteiger partial charge in [-0.05, 0) is 6.07 Å². The molecule has 14 heavy (non-hydrogen) atoms. The van der Waals surface area contributed by atoms with Crippen LogP contribution in [0.15, 0.2) is 18.2 Å². The molecule has 0 amide bonds. The van der Waals surface area contributed by atoms with E-state index >= 15 is 0 Å². The van der Waals surface area contributed by atoms with Crippen molar-refractivity contribution in [2.75, 3.05) is 7.11 Å². The highest BCUT2D eigenvalue weighted by atomic mass is 32.1. The Kier molecular flexibility index (Phi) is 2.13. The highest BCUT2D eigenvalue weighted by Crippen LogP contribution is 2.40. The predicted octanol–water partition coefficient (Wildman–Crippen LogP) is 2.43. The molecule has 72 valence electrons. The molecule has 1 N–H and O–H groups in total. The zero-order valence-corrected chi connectivity index (χ0v) is 8.30. The van der Waals surface area contributed by atoms with Crippen LogP contribution >= 0.6 is 11.3 Å². The molecule has 1 aromatic carbocycles. The van der Waals surface area contributed by atoms with Gasteiger partial charge in [0.05, 0.1) is 17.4 Å². The quantitative estimate of drug-likeness (QED) is 0.771. The summed E-state index contributed by atoms with van der Waals surface area (Å²) >= 11 is 1.27. The lowest BCUT2D eigenvalue weighted by Gasteiger charge is -1.93. The number of hydrogen-bond donors (Lipinski definition) is 1. The first-order valence-corrected chi connectivity index (χ1v) is 4.83. The lowest BCUT2D eigenvalue weighted by atomic mass is 10.2. The fourth-order valence-corrected chi connectivity index (χ4v) is 2.36. The number of fused-ring (bicyclic) bond motifs is 1. The maximum atomic E-state index is 10.8. The van der Waals surface area contributed by atoms with Crippen molar-refractivity contribution in [3.63, 3.8) is 0 Å². The highest BCUT2D eigenvalue weighted by molar-refractivity contribution is 7.21. The smallest absolute Gasteiger partial charge is 0.185 e. The molecule has 0 aliphatic heterocycles. The summed E-state index contributed by atoms with van der Waals surface area (Å²) in [6.45, 7) is 0. The molecule has 2 aromatic rings. The molecule has 0 saturated carbocycles. The normalized spacial score (nSPS) is 10.4. The molecule has 0 atom stereocenters. The summed E-state index contributed by atoms with van der Waals surface area (Å²) in [5.41, 5.74) is 0.503. The summed E-state index contributed by atoms with van der Waals surface area (Å²) in [7, 11) is 1.51. The van der Waals surface area contributed by atoms with Gasteiger partial charge in [0.2, 0.25) is 0 Å². The Hall–Kier alpha value is -1.55. The van der Waals surface area contributed by atoms with Crippen LogP contribution in [0.4, 0.5) is 0 Å². The molecule has 1 aromatic heterocycles. The number of thiophene rings is 1. The van der Waals surface area contributed by atoms with E-state index in [1.54, 1.807) is 18.2 Å². The number of rotatable bonds is 2. The van der Waals surface area contributed by atoms with Gasteiger partial charge in [-0.2, -0.15) is 0 Å². The molecule has 0 bridgehead atoms. The molecule has 0 aliphatic rings. The summed E-state index contributed by atoms with van der Waals surface area (Å²) in [5.74, 6) is 0.180. The van der Waals surface area contributed by atoms with Crippen molar-refractivity contribution >= 4 is 27.7 Å². The molecule has 0 saturated heterocycles. The van der Waals surface area contributed by atoms with E-state index in [0.29, 0.717) is 15.3 Å². The third-order valence-corrected chi connectivity index (χ3v) is 3.21. The van der Waals surface area contributed by atoms with Gasteiger partial charge in [-0.25, -0.2) is 0 Å². The van der Waals surface area contributed by atoms with Crippen molar-refractivity contribution in [3.05, 3.63) is 23.8 Å². The van der Waals surface area contributed by atoms with Crippen LogP contribution in [-0.2, 0) is 0 Å². The molecule has 0 aliphatic carbocycles. The van der Waals surface area contributed by atoms with E-state index < -0.39 is 0 Å². The van der Waals surface area contributed by atoms with Crippen molar-refractivity contribution in [1.29, 1.82) is 0 Å². The van der Waals surface area contributed by atoms with Crippen molar-refractivity contribution in [1.82, 2.24) is 0 Å². The van der Waals surface area contributed by atoms with Crippen LogP contribution in [0.25, 0.3) is 10.1 Å². The fourth-order valence-electron chi connectivity index (χ4n) is 1.37. The molecule has 2 rings (SSSR count). The van der Waals surface area contributed by atoms with E-state index in [9.17, 15) is 9.90 Å². The molecule has 1 heterocycles. The number of aldehydes is 1. The molecular weight excluding hydrogens is 200 g/mol. The molecule has 3 nitrogen and oxygen atoms in total. The standard InChI is InChI=1S/C10H8O3S/c1-13-10-7(5-11)6-3-2-4-8(12)9(6)14-10/h2-5,12H,1H3. The molecule has 0 spiro atoms. The number of phenolic OH excluding ortho intramolecular Hbond substituents is 1. The number of ether oxygens (including phenoxy) is 1. The minimum absolute atomic E-state index is 0.180. The maximum Gasteiger partial charge on any atom is 0.185 e. The Morgan fingerprint density at radius 2 is 2.29 bits per heavy atom. The van der Waals surface area contributed by atoms with E-state index in [1.165, 1.54) is 18.4 Å². The minimum atomic E-state index is 0.180. The Morgan fingerprint density at radius 3 is 2.93 bits per heavy atom. The second kappa shape index (κ2) is 3.31. The van der Waals surface area contributed by atoms with E-state index in [4.69, 9.17) is 4.74 Å². The fraction of sp³-hybridized carbons (Fsp3) is 0.100. The third-order valence-electron chi connectivity index (χ3n) is 2.00. The Labute approximate surface area is 84.6 Å². The van der Waals surface area contributed by atoms with Crippen molar-refractivity contribution in [2.45, 2.75) is 0 Å². The van der Waals surface area contributed by atoms with E-state index in [-0.39, 0.29) is 5.75 Å². The Bertz CT molecular complexity index is 487. The van der Waals surface area contributed by atoms with E-state index in [1.807, 2.05) is 0 Å². The summed E-state index contributed by atoms with van der Waals surface area (Å²) in [4.78, 5) is 10.8. The minimum Gasteiger partial charge on any atom is -0.506 e. The van der Waals surface area contributed by atoms with Crippen LogP contribution in [0.1, 0.15) is 10.4 Å². The molecule has 4 heteroatoms. The summed E-state index contributed by atoms with van der Waals surface area (Å²) < 4.78 is 5.74. The first-order chi connectivity index (χ1) is 6.77. The van der Waals surface area contributed by atoms with Gasteiger partial charge in [0.25, 0.3) is 0 Å². The van der Waals surface area contributed by atoms with Crippen LogP contribution in [0, 0.1) is 0 Å². The van der Waals surface area contributed by atoms with Crippen LogP contribution in [-0.4, -0.2) is 18.5 Å². The summed E-state index contributed by atoms with van der Waals surface area (Å²) in [6, 6.07) is 5.08. The zero-order valence-electron chi connectivity index (χ0n) is 7.48. The van der Waals surface area contributed by atoms with Crippen LogP contribution in [0.3, 0.4) is 0 Å². The van der Waals surface area contributed by atoms with Gasteiger partial charge in [0, 0.05) is 5.39 Å². The van der Waals surface area contributed by atoms with Gasteiger partial charge in [-0.1, -0.05) is 23.5 Å². The lowest BCUT2D eigenvalue weighted by molar-refractivity contribution is 0.112. The first-order valence-electron chi connectivity index (χ1n) is 4.01. The number of carbonyl (C=O) groups is 1. The zero-order chi connectivity index (χ0) is 10.1. The van der Waals surface area contributed by atoms with Gasteiger partial charge < -0.3 is 9.84 Å². The third kappa shape index (κ3) is 1.15. The van der Waals surface area contributed by atoms with Gasteiger partial charge >= 0.3 is 0 Å². The predicted molar refractivity (Wildman–Crippen MR) is 55.4 cm³/mol. The highest BCUT2D eigenvalue weighted by Gasteiger charge is 2.13. The van der Waals surface area contributed by atoms with Gasteiger partial charge in [-0.15, -0.1) is 0 Å². The largest absolute Gasteiger partial charge is 0.506 e. The number of carbonyl (C=O) groups excluding carboxylic acids is 1. The van der Waals surface area contributed by atoms with E-state index in [2.05, 4.69) is 0 Å². The Balaban J connectivity index is 2.86. The van der Waals surface area contributed by atoms with Gasteiger partial charge in [-0.3, -0.25) is 4.79 Å². The first kappa shape index (κ1) is 9.02. The van der Waals surface area contributed by atoms with E-state index in [0.717, 1.165) is 11.7 Å². The molecule has 0 fully saturated rings. The van der Waals surface area contributed by atoms with Crippen molar-refractivity contribution in [3.8, 4) is 10.8 Å². The number of methoxy groups -OCH3 is 1. The van der Waals surface area contributed by atoms with Crippen LogP contribution < -0.4 is 4.74 Å². The van der Waals surface area contributed by atoms with Gasteiger partial charge in [0.15, 0.2) is 11.3 Å². The lowest BCUT2D eigenvalue weighted by Crippen LogP contribution is -1.83. The number of phenols is 1. The average molecular weight is 208 g/mol. The maximum absolute atomic E-state index is 10.8. The van der Waals surface area contributed by atoms with Crippen LogP contribution in [0.5, 0.6) is 10.8 Å². The number of benzene rings is 1. The molecule has 0 unspecified atom stereocenters.